The molecule has 134 valence electrons. The third-order valence-electron chi connectivity index (χ3n) is 3.46. The summed E-state index contributed by atoms with van der Waals surface area (Å²) in [6.07, 6.45) is 0.588. The summed E-state index contributed by atoms with van der Waals surface area (Å²) in [6, 6.07) is 3.42. The summed E-state index contributed by atoms with van der Waals surface area (Å²) in [7, 11) is 0. The number of benzene rings is 1. The highest BCUT2D eigenvalue weighted by Crippen LogP contribution is 2.20. The molecule has 0 saturated heterocycles. The van der Waals surface area contributed by atoms with Gasteiger partial charge in [-0.25, -0.2) is 4.39 Å². The maximum absolute atomic E-state index is 14.0. The highest BCUT2D eigenvalue weighted by Gasteiger charge is 2.22. The highest BCUT2D eigenvalue weighted by molar-refractivity contribution is 5.98. The van der Waals surface area contributed by atoms with Crippen LogP contribution in [0.25, 0.3) is 0 Å². The molecule has 0 aliphatic heterocycles. The lowest BCUT2D eigenvalue weighted by atomic mass is 9.95. The van der Waals surface area contributed by atoms with Gasteiger partial charge in [0, 0.05) is 11.1 Å². The van der Waals surface area contributed by atoms with Gasteiger partial charge in [-0.05, 0) is 30.5 Å². The van der Waals surface area contributed by atoms with Crippen LogP contribution in [0.15, 0.2) is 18.2 Å². The zero-order valence-corrected chi connectivity index (χ0v) is 14.9. The number of hydrogen-bond acceptors (Lipinski definition) is 3. The summed E-state index contributed by atoms with van der Waals surface area (Å²) in [5.41, 5.74) is -0.412. The molecule has 0 spiro atoms. The van der Waals surface area contributed by atoms with Gasteiger partial charge in [-0.2, -0.15) is 0 Å². The Morgan fingerprint density at radius 2 is 1.88 bits per heavy atom. The van der Waals surface area contributed by atoms with E-state index in [1.165, 1.54) is 12.1 Å². The third kappa shape index (κ3) is 5.92. The van der Waals surface area contributed by atoms with Crippen LogP contribution in [0, 0.1) is 17.2 Å². The van der Waals surface area contributed by atoms with Crippen LogP contribution in [0.1, 0.15) is 51.4 Å². The van der Waals surface area contributed by atoms with Crippen molar-refractivity contribution >= 4 is 17.5 Å². The molecule has 1 atom stereocenters. The quantitative estimate of drug-likeness (QED) is 0.746. The van der Waals surface area contributed by atoms with Gasteiger partial charge in [0.1, 0.15) is 5.82 Å². The molecular formula is C18H27FN2O3. The maximum Gasteiger partial charge on any atom is 0.254 e. The number of carbonyl (C=O) groups is 2. The molecule has 0 aliphatic rings. The van der Waals surface area contributed by atoms with Crippen molar-refractivity contribution in [1.82, 2.24) is 5.32 Å². The van der Waals surface area contributed by atoms with Gasteiger partial charge in [-0.1, -0.05) is 34.6 Å². The van der Waals surface area contributed by atoms with Crippen molar-refractivity contribution in [2.24, 2.45) is 11.3 Å². The van der Waals surface area contributed by atoms with Crippen LogP contribution in [0.2, 0.25) is 0 Å². The fourth-order valence-electron chi connectivity index (χ4n) is 2.11. The van der Waals surface area contributed by atoms with E-state index in [-0.39, 0.29) is 24.0 Å². The smallest absolute Gasteiger partial charge is 0.254 e. The van der Waals surface area contributed by atoms with Crippen LogP contribution < -0.4 is 10.6 Å². The predicted molar refractivity (Wildman–Crippen MR) is 92.3 cm³/mol. The van der Waals surface area contributed by atoms with E-state index in [1.807, 2.05) is 13.8 Å². The lowest BCUT2D eigenvalue weighted by molar-refractivity contribution is -0.123. The van der Waals surface area contributed by atoms with Gasteiger partial charge in [0.25, 0.3) is 5.91 Å². The van der Waals surface area contributed by atoms with Crippen LogP contribution in [-0.2, 0) is 4.79 Å². The molecule has 0 aromatic heterocycles. The number of rotatable bonds is 6. The van der Waals surface area contributed by atoms with Gasteiger partial charge in [0.2, 0.25) is 5.91 Å². The molecule has 5 nitrogen and oxygen atoms in total. The molecule has 0 saturated carbocycles. The first-order chi connectivity index (χ1) is 11.0. The van der Waals surface area contributed by atoms with Crippen molar-refractivity contribution in [2.75, 3.05) is 11.9 Å². The fourth-order valence-corrected chi connectivity index (χ4v) is 2.11. The molecule has 0 aliphatic carbocycles. The minimum absolute atomic E-state index is 0.163. The van der Waals surface area contributed by atoms with Crippen LogP contribution in [0.3, 0.4) is 0 Å². The van der Waals surface area contributed by atoms with Gasteiger partial charge >= 0.3 is 0 Å². The van der Waals surface area contributed by atoms with Gasteiger partial charge in [0.05, 0.1) is 18.2 Å². The molecule has 0 heterocycles. The van der Waals surface area contributed by atoms with Crippen molar-refractivity contribution in [3.8, 4) is 0 Å². The number of amides is 2. The Morgan fingerprint density at radius 1 is 1.25 bits per heavy atom. The molecule has 2 amide bonds. The van der Waals surface area contributed by atoms with E-state index >= 15 is 0 Å². The molecule has 0 bridgehead atoms. The SMILES string of the molecule is CC(C)CC(CO)NC(=O)c1cc(NC(=O)C(C)(C)C)ccc1F. The highest BCUT2D eigenvalue weighted by atomic mass is 19.1. The van der Waals surface area contributed by atoms with E-state index in [4.69, 9.17) is 0 Å². The minimum atomic E-state index is -0.678. The van der Waals surface area contributed by atoms with E-state index in [1.54, 1.807) is 20.8 Å². The molecule has 24 heavy (non-hydrogen) atoms. The molecule has 1 rings (SSSR count). The van der Waals surface area contributed by atoms with E-state index in [0.29, 0.717) is 12.1 Å². The summed E-state index contributed by atoms with van der Waals surface area (Å²) in [5, 5.41) is 14.6. The summed E-state index contributed by atoms with van der Waals surface area (Å²) < 4.78 is 14.0. The average Bonchev–Trinajstić information content (AvgIpc) is 2.46. The average molecular weight is 338 g/mol. The van der Waals surface area contributed by atoms with Gasteiger partial charge in [-0.3, -0.25) is 9.59 Å². The summed E-state index contributed by atoms with van der Waals surface area (Å²) >= 11 is 0. The molecular weight excluding hydrogens is 311 g/mol. The van der Waals surface area contributed by atoms with Crippen molar-refractivity contribution < 1.29 is 19.1 Å². The fraction of sp³-hybridized carbons (Fsp3) is 0.556. The van der Waals surface area contributed by atoms with Crippen molar-refractivity contribution in [3.05, 3.63) is 29.6 Å². The molecule has 3 N–H and O–H groups in total. The molecule has 0 radical (unpaired) electrons. The zero-order chi connectivity index (χ0) is 18.5. The van der Waals surface area contributed by atoms with Crippen LogP contribution in [0.5, 0.6) is 0 Å². The standard InChI is InChI=1S/C18H27FN2O3/c1-11(2)8-13(10-22)20-16(23)14-9-12(6-7-15(14)19)21-17(24)18(3,4)5/h6-7,9,11,13,22H,8,10H2,1-5H3,(H,20,23)(H,21,24). The van der Waals surface area contributed by atoms with E-state index in [2.05, 4.69) is 10.6 Å². The third-order valence-corrected chi connectivity index (χ3v) is 3.46. The number of aliphatic hydroxyl groups is 1. The largest absolute Gasteiger partial charge is 0.394 e. The molecule has 6 heteroatoms. The first-order valence-corrected chi connectivity index (χ1v) is 8.07. The number of halogens is 1. The first-order valence-electron chi connectivity index (χ1n) is 8.07. The van der Waals surface area contributed by atoms with Crippen molar-refractivity contribution in [3.63, 3.8) is 0 Å². The lowest BCUT2D eigenvalue weighted by Crippen LogP contribution is -2.38. The number of anilines is 1. The van der Waals surface area contributed by atoms with E-state index in [9.17, 15) is 19.1 Å². The Balaban J connectivity index is 2.92. The number of carbonyl (C=O) groups excluding carboxylic acids is 2. The Kier molecular flexibility index (Phi) is 6.90. The Labute approximate surface area is 142 Å². The van der Waals surface area contributed by atoms with E-state index in [0.717, 1.165) is 6.07 Å². The zero-order valence-electron chi connectivity index (χ0n) is 14.9. The van der Waals surface area contributed by atoms with Gasteiger partial charge in [0.15, 0.2) is 0 Å². The summed E-state index contributed by atoms with van der Waals surface area (Å²) in [6.45, 7) is 9.01. The molecule has 1 aromatic rings. The van der Waals surface area contributed by atoms with Crippen LogP contribution in [0.4, 0.5) is 10.1 Å². The Morgan fingerprint density at radius 3 is 2.38 bits per heavy atom. The first kappa shape index (κ1) is 20.1. The summed E-state index contributed by atoms with van der Waals surface area (Å²) in [5.74, 6) is -1.24. The van der Waals surface area contributed by atoms with E-state index < -0.39 is 23.2 Å². The molecule has 1 aromatic carbocycles. The number of aliphatic hydroxyl groups excluding tert-OH is 1. The summed E-state index contributed by atoms with van der Waals surface area (Å²) in [4.78, 5) is 24.3. The van der Waals surface area contributed by atoms with Crippen molar-refractivity contribution in [1.29, 1.82) is 0 Å². The van der Waals surface area contributed by atoms with Crippen molar-refractivity contribution in [2.45, 2.75) is 47.1 Å². The number of nitrogens with one attached hydrogen (secondary N) is 2. The van der Waals surface area contributed by atoms with Gasteiger partial charge < -0.3 is 15.7 Å². The monoisotopic (exact) mass is 338 g/mol. The van der Waals surface area contributed by atoms with Crippen LogP contribution >= 0.6 is 0 Å². The number of hydrogen-bond donors (Lipinski definition) is 3. The second-order valence-electron chi connectivity index (χ2n) is 7.38. The van der Waals surface area contributed by atoms with Gasteiger partial charge in [-0.15, -0.1) is 0 Å². The maximum atomic E-state index is 14.0. The second kappa shape index (κ2) is 8.24. The lowest BCUT2D eigenvalue weighted by Gasteiger charge is -2.20. The second-order valence-corrected chi connectivity index (χ2v) is 7.38. The Hall–Kier alpha value is -1.95. The molecule has 1 unspecified atom stereocenters. The predicted octanol–water partition coefficient (Wildman–Crippen LogP) is 2.95. The molecule has 0 fully saturated rings. The topological polar surface area (TPSA) is 78.4 Å². The Bertz CT molecular complexity index is 594. The normalized spacial score (nSPS) is 12.8. The van der Waals surface area contributed by atoms with Crippen LogP contribution in [-0.4, -0.2) is 29.6 Å². The minimum Gasteiger partial charge on any atom is -0.394 e.